The summed E-state index contributed by atoms with van der Waals surface area (Å²) in [5.74, 6) is 0.570. The first-order valence-electron chi connectivity index (χ1n) is 18.7. The maximum atomic E-state index is 13.6. The summed E-state index contributed by atoms with van der Waals surface area (Å²) in [4.78, 5) is 32.9. The Morgan fingerprint density at radius 1 is 1.04 bits per heavy atom. The fourth-order valence-electron chi connectivity index (χ4n) is 9.58. The van der Waals surface area contributed by atoms with Crippen LogP contribution in [0.5, 0.6) is 5.75 Å². The SMILES string of the molecule is CO[C@]1(CN2CCN(C)C(=O)C2)CCC[C@H](C)[C@@H](C)S(=O)(=O)NC(=O)c2ccc3c(c2)N(C[C@@H]2CC[C@H]21)C[C@@]1(CCCc2cc(Cl)ccc21)CO3. The van der Waals surface area contributed by atoms with Crippen LogP contribution in [0.15, 0.2) is 36.4 Å². The van der Waals surface area contributed by atoms with E-state index < -0.39 is 26.8 Å². The quantitative estimate of drug-likeness (QED) is 0.454. The lowest BCUT2D eigenvalue weighted by atomic mass is 9.62. The van der Waals surface area contributed by atoms with Crippen molar-refractivity contribution < 1.29 is 27.5 Å². The summed E-state index contributed by atoms with van der Waals surface area (Å²) < 4.78 is 42.9. The molecule has 51 heavy (non-hydrogen) atoms. The van der Waals surface area contributed by atoms with Gasteiger partial charge in [0, 0.05) is 62.9 Å². The van der Waals surface area contributed by atoms with Gasteiger partial charge >= 0.3 is 0 Å². The Balaban J connectivity index is 1.30. The third-order valence-corrected chi connectivity index (χ3v) is 15.2. The number of nitrogens with one attached hydrogen (secondary N) is 1. The first-order valence-corrected chi connectivity index (χ1v) is 20.6. The number of hydrogen-bond acceptors (Lipinski definition) is 8. The number of nitrogens with zero attached hydrogens (tertiary/aromatic N) is 3. The van der Waals surface area contributed by atoms with Gasteiger partial charge in [-0.3, -0.25) is 14.5 Å². The van der Waals surface area contributed by atoms with Crippen LogP contribution in [0.25, 0.3) is 0 Å². The van der Waals surface area contributed by atoms with Gasteiger partial charge in [-0.2, -0.15) is 0 Å². The minimum absolute atomic E-state index is 0.122. The van der Waals surface area contributed by atoms with Gasteiger partial charge in [-0.25, -0.2) is 13.1 Å². The molecule has 2 amide bonds. The average molecular weight is 741 g/mol. The summed E-state index contributed by atoms with van der Waals surface area (Å²) >= 11 is 6.48. The van der Waals surface area contributed by atoms with E-state index in [4.69, 9.17) is 21.1 Å². The van der Waals surface area contributed by atoms with E-state index in [2.05, 4.69) is 26.7 Å². The highest BCUT2D eigenvalue weighted by atomic mass is 35.5. The number of ether oxygens (including phenoxy) is 2. The predicted octanol–water partition coefficient (Wildman–Crippen LogP) is 5.27. The molecule has 278 valence electrons. The van der Waals surface area contributed by atoms with Crippen LogP contribution in [-0.2, 0) is 31.4 Å². The molecule has 3 heterocycles. The summed E-state index contributed by atoms with van der Waals surface area (Å²) in [5, 5.41) is -0.0309. The fraction of sp³-hybridized carbons (Fsp3) is 0.641. The van der Waals surface area contributed by atoms with Crippen molar-refractivity contribution in [2.75, 3.05) is 64.9 Å². The Hall–Kier alpha value is -2.86. The van der Waals surface area contributed by atoms with Gasteiger partial charge in [-0.15, -0.1) is 0 Å². The molecule has 6 atom stereocenters. The summed E-state index contributed by atoms with van der Waals surface area (Å²) in [7, 11) is -0.272. The highest BCUT2D eigenvalue weighted by molar-refractivity contribution is 7.90. The molecule has 2 fully saturated rings. The Kier molecular flexibility index (Phi) is 10.1. The zero-order valence-corrected chi connectivity index (χ0v) is 32.0. The zero-order chi connectivity index (χ0) is 36.1. The number of carbonyl (C=O) groups is 2. The van der Waals surface area contributed by atoms with Gasteiger partial charge < -0.3 is 19.3 Å². The van der Waals surface area contributed by atoms with E-state index in [-0.39, 0.29) is 23.2 Å². The van der Waals surface area contributed by atoms with Gasteiger partial charge in [0.05, 0.1) is 29.7 Å². The van der Waals surface area contributed by atoms with E-state index in [0.29, 0.717) is 56.4 Å². The Morgan fingerprint density at radius 3 is 2.61 bits per heavy atom. The molecular weight excluding hydrogens is 688 g/mol. The number of aryl methyl sites for hydroxylation is 1. The van der Waals surface area contributed by atoms with Gasteiger partial charge in [0.15, 0.2) is 0 Å². The fourth-order valence-corrected chi connectivity index (χ4v) is 11.1. The second-order valence-electron chi connectivity index (χ2n) is 16.1. The van der Waals surface area contributed by atoms with Crippen LogP contribution in [-0.4, -0.2) is 101 Å². The van der Waals surface area contributed by atoms with Crippen molar-refractivity contribution in [1.29, 1.82) is 0 Å². The van der Waals surface area contributed by atoms with Gasteiger partial charge in [0.1, 0.15) is 5.75 Å². The molecular formula is C39H53ClN4O6S. The molecule has 5 aliphatic rings. The molecule has 1 saturated carbocycles. The molecule has 1 saturated heterocycles. The highest BCUT2D eigenvalue weighted by Gasteiger charge is 2.51. The van der Waals surface area contributed by atoms with Crippen LogP contribution < -0.4 is 14.4 Å². The smallest absolute Gasteiger partial charge is 0.264 e. The van der Waals surface area contributed by atoms with Crippen molar-refractivity contribution in [3.05, 3.63) is 58.1 Å². The summed E-state index contributed by atoms with van der Waals surface area (Å²) in [6, 6.07) is 11.5. The number of piperazine rings is 1. The topological polar surface area (TPSA) is 108 Å². The molecule has 2 bridgehead atoms. The summed E-state index contributed by atoms with van der Waals surface area (Å²) in [6.07, 6.45) is 7.23. The van der Waals surface area contributed by atoms with Crippen molar-refractivity contribution in [1.82, 2.24) is 14.5 Å². The molecule has 7 rings (SSSR count). The van der Waals surface area contributed by atoms with Crippen molar-refractivity contribution in [3.63, 3.8) is 0 Å². The van der Waals surface area contributed by atoms with Crippen LogP contribution in [0.1, 0.15) is 80.3 Å². The first kappa shape index (κ1) is 36.5. The maximum absolute atomic E-state index is 13.6. The molecule has 0 radical (unpaired) electrons. The molecule has 12 heteroatoms. The number of sulfonamides is 1. The van der Waals surface area contributed by atoms with Crippen LogP contribution in [0.2, 0.25) is 5.02 Å². The number of methoxy groups -OCH3 is 1. The number of fused-ring (bicyclic) bond motifs is 4. The van der Waals surface area contributed by atoms with Crippen LogP contribution >= 0.6 is 11.6 Å². The number of halogens is 1. The van der Waals surface area contributed by atoms with Crippen molar-refractivity contribution in [2.45, 2.75) is 81.5 Å². The number of rotatable bonds is 3. The normalized spacial score (nSPS) is 33.0. The van der Waals surface area contributed by atoms with Crippen molar-refractivity contribution >= 4 is 39.1 Å². The Bertz CT molecular complexity index is 1770. The average Bonchev–Trinajstić information content (AvgIpc) is 3.23. The van der Waals surface area contributed by atoms with Crippen LogP contribution in [0, 0.1) is 17.8 Å². The molecule has 2 aliphatic carbocycles. The number of anilines is 1. The summed E-state index contributed by atoms with van der Waals surface area (Å²) in [5.41, 5.74) is 2.85. The molecule has 0 unspecified atom stereocenters. The number of carbonyl (C=O) groups excluding carboxylic acids is 2. The number of amides is 2. The number of hydrogen-bond donors (Lipinski definition) is 1. The molecule has 3 aliphatic heterocycles. The Morgan fingerprint density at radius 2 is 1.86 bits per heavy atom. The van der Waals surface area contributed by atoms with E-state index in [1.165, 1.54) is 11.1 Å². The van der Waals surface area contributed by atoms with Crippen molar-refractivity contribution in [2.24, 2.45) is 17.8 Å². The zero-order valence-electron chi connectivity index (χ0n) is 30.5. The van der Waals surface area contributed by atoms with E-state index in [1.54, 1.807) is 17.9 Å². The summed E-state index contributed by atoms with van der Waals surface area (Å²) in [6.45, 7) is 8.08. The lowest BCUT2D eigenvalue weighted by Crippen LogP contribution is -2.60. The standard InChI is InChI=1S/C39H53ClN4O6S/c1-26-7-5-16-39(49-4,24-43-18-17-42(3)36(45)22-43)33-12-9-30(33)21-44-23-38(15-6-8-28-19-31(40)11-13-32(28)38)25-50-35-14-10-29(20-34(35)44)37(46)41-51(47,48)27(26)2/h10-11,13-14,19-20,26-27,30,33H,5-9,12,15-18,21-25H2,1-4H3,(H,41,46)/t26-,27+,30-,33+,38-,39-/m0/s1. The van der Waals surface area contributed by atoms with Crippen LogP contribution in [0.4, 0.5) is 5.69 Å². The molecule has 1 N–H and O–H groups in total. The third kappa shape index (κ3) is 7.00. The largest absolute Gasteiger partial charge is 0.490 e. The third-order valence-electron chi connectivity index (χ3n) is 13.1. The lowest BCUT2D eigenvalue weighted by molar-refractivity contribution is -0.146. The molecule has 2 aromatic rings. The second-order valence-corrected chi connectivity index (χ2v) is 18.6. The van der Waals surface area contributed by atoms with Gasteiger partial charge in [0.25, 0.3) is 5.91 Å². The lowest BCUT2D eigenvalue weighted by Gasteiger charge is -2.53. The monoisotopic (exact) mass is 740 g/mol. The van der Waals surface area contributed by atoms with E-state index >= 15 is 0 Å². The number of likely N-dealkylation sites (N-methyl/N-ethyl adjacent to an activating group) is 1. The van der Waals surface area contributed by atoms with E-state index in [0.717, 1.165) is 68.7 Å². The van der Waals surface area contributed by atoms with Crippen molar-refractivity contribution in [3.8, 4) is 5.75 Å². The van der Waals surface area contributed by atoms with Gasteiger partial charge in [-0.05, 0) is 111 Å². The van der Waals surface area contributed by atoms with E-state index in [1.807, 2.05) is 39.3 Å². The number of benzene rings is 2. The maximum Gasteiger partial charge on any atom is 0.264 e. The Labute approximate surface area is 308 Å². The predicted molar refractivity (Wildman–Crippen MR) is 199 cm³/mol. The molecule has 10 nitrogen and oxygen atoms in total. The van der Waals surface area contributed by atoms with Crippen LogP contribution in [0.3, 0.4) is 0 Å². The highest BCUT2D eigenvalue weighted by Crippen LogP contribution is 2.50. The second kappa shape index (κ2) is 14.2. The minimum atomic E-state index is -3.95. The first-order chi connectivity index (χ1) is 24.3. The molecule has 1 spiro atoms. The van der Waals surface area contributed by atoms with Gasteiger partial charge in [-0.1, -0.05) is 31.0 Å². The molecule has 2 aromatic carbocycles. The molecule has 0 aromatic heterocycles. The minimum Gasteiger partial charge on any atom is -0.490 e. The van der Waals surface area contributed by atoms with Gasteiger partial charge in [0.2, 0.25) is 15.9 Å². The van der Waals surface area contributed by atoms with E-state index in [9.17, 15) is 18.0 Å².